The van der Waals surface area contributed by atoms with E-state index in [0.29, 0.717) is 37.0 Å². The van der Waals surface area contributed by atoms with Crippen molar-refractivity contribution >= 4 is 29.8 Å². The van der Waals surface area contributed by atoms with Crippen molar-refractivity contribution in [1.82, 2.24) is 20.2 Å². The van der Waals surface area contributed by atoms with Crippen molar-refractivity contribution in [2.24, 2.45) is 4.99 Å². The third-order valence-corrected chi connectivity index (χ3v) is 7.48. The fraction of sp³-hybridized carbons (Fsp3) is 0.536. The lowest BCUT2D eigenvalue weighted by Gasteiger charge is -2.39. The summed E-state index contributed by atoms with van der Waals surface area (Å²) in [5.74, 6) is 1.41. The van der Waals surface area contributed by atoms with E-state index in [1.165, 1.54) is 6.42 Å². The van der Waals surface area contributed by atoms with Gasteiger partial charge in [0, 0.05) is 59.0 Å². The second-order valence-electron chi connectivity index (χ2n) is 10.5. The third kappa shape index (κ3) is 6.68. The maximum absolute atomic E-state index is 13.2. The van der Waals surface area contributed by atoms with Gasteiger partial charge in [-0.15, -0.1) is 0 Å². The number of benzene rings is 1. The minimum atomic E-state index is -0.869. The number of nitrogens with zero attached hydrogens (tertiary/aromatic N) is 5. The Morgan fingerprint density at radius 2 is 1.95 bits per heavy atom. The van der Waals surface area contributed by atoms with E-state index in [1.807, 2.05) is 18.2 Å². The lowest BCUT2D eigenvalue weighted by atomic mass is 9.95. The van der Waals surface area contributed by atoms with E-state index in [4.69, 9.17) is 9.47 Å². The van der Waals surface area contributed by atoms with E-state index in [1.54, 1.807) is 31.2 Å². The van der Waals surface area contributed by atoms with Gasteiger partial charge in [-0.25, -0.2) is 4.98 Å². The van der Waals surface area contributed by atoms with Gasteiger partial charge in [-0.05, 0) is 48.9 Å². The number of hydrogen-bond donors (Lipinski definition) is 3. The largest absolute Gasteiger partial charge is 0.468 e. The number of carbonyl (C=O) groups is 2. The molecule has 0 radical (unpaired) electrons. The summed E-state index contributed by atoms with van der Waals surface area (Å²) >= 11 is 0. The molecule has 2 amide bonds. The molecule has 1 unspecified atom stereocenters. The molecule has 2 fully saturated rings. The number of methoxy groups -OCH3 is 1. The van der Waals surface area contributed by atoms with Crippen LogP contribution in [0.2, 0.25) is 0 Å². The molecule has 4 heterocycles. The molecule has 3 aliphatic rings. The van der Waals surface area contributed by atoms with Crippen LogP contribution in [0.1, 0.15) is 47.8 Å². The number of nitrogens with one attached hydrogen (secondary N) is 2. The molecule has 2 atom stereocenters. The van der Waals surface area contributed by atoms with Crippen LogP contribution < -0.4 is 20.3 Å². The van der Waals surface area contributed by atoms with Gasteiger partial charge in [0.15, 0.2) is 6.79 Å². The Balaban J connectivity index is 1.22. The van der Waals surface area contributed by atoms with E-state index >= 15 is 0 Å². The van der Waals surface area contributed by atoms with Crippen LogP contribution >= 0.6 is 0 Å². The summed E-state index contributed by atoms with van der Waals surface area (Å²) in [5.41, 5.74) is 2.21. The van der Waals surface area contributed by atoms with Gasteiger partial charge in [0.1, 0.15) is 17.3 Å². The molecular formula is C28H37N7O5. The van der Waals surface area contributed by atoms with Gasteiger partial charge in [0.05, 0.1) is 18.2 Å². The molecule has 214 valence electrons. The van der Waals surface area contributed by atoms with Gasteiger partial charge in [0.25, 0.3) is 5.91 Å². The van der Waals surface area contributed by atoms with Crippen LogP contribution in [0, 0.1) is 0 Å². The highest BCUT2D eigenvalue weighted by molar-refractivity contribution is 5.93. The Bertz CT molecular complexity index is 1240. The predicted molar refractivity (Wildman–Crippen MR) is 150 cm³/mol. The summed E-state index contributed by atoms with van der Waals surface area (Å²) in [4.78, 5) is 42.3. The number of rotatable bonds is 10. The molecule has 40 heavy (non-hydrogen) atoms. The van der Waals surface area contributed by atoms with Crippen molar-refractivity contribution in [1.29, 1.82) is 0 Å². The SMILES string of the molecule is COCOc1ccc2c(c1)C=NC([C@H](O)CNC(=O)c1cc(NC3CN(C(C)=O)C3)nc(N3CCCCC3)n1)C2. The number of carbonyl (C=O) groups excluding carboxylic acids is 2. The van der Waals surface area contributed by atoms with Crippen LogP contribution in [0.4, 0.5) is 11.8 Å². The second-order valence-corrected chi connectivity index (χ2v) is 10.5. The summed E-state index contributed by atoms with van der Waals surface area (Å²) in [6, 6.07) is 7.03. The highest BCUT2D eigenvalue weighted by Crippen LogP contribution is 2.24. The Morgan fingerprint density at radius 3 is 2.70 bits per heavy atom. The predicted octanol–water partition coefficient (Wildman–Crippen LogP) is 1.23. The van der Waals surface area contributed by atoms with Gasteiger partial charge in [0.2, 0.25) is 11.9 Å². The topological polar surface area (TPSA) is 142 Å². The highest BCUT2D eigenvalue weighted by atomic mass is 16.7. The molecule has 2 saturated heterocycles. The van der Waals surface area contributed by atoms with Crippen LogP contribution in [-0.4, -0.2) is 103 Å². The number of aliphatic hydroxyl groups is 1. The van der Waals surface area contributed by atoms with E-state index in [2.05, 4.69) is 30.5 Å². The van der Waals surface area contributed by atoms with Crippen molar-refractivity contribution in [3.8, 4) is 5.75 Å². The minimum Gasteiger partial charge on any atom is -0.468 e. The van der Waals surface area contributed by atoms with Gasteiger partial charge < -0.3 is 35.0 Å². The molecule has 3 N–H and O–H groups in total. The zero-order valence-corrected chi connectivity index (χ0v) is 23.0. The Hall–Kier alpha value is -3.77. The van der Waals surface area contributed by atoms with Crippen LogP contribution in [0.5, 0.6) is 5.75 Å². The molecule has 2 aromatic rings. The Kier molecular flexibility index (Phi) is 8.75. The Morgan fingerprint density at radius 1 is 1.15 bits per heavy atom. The van der Waals surface area contributed by atoms with E-state index in [9.17, 15) is 14.7 Å². The van der Waals surface area contributed by atoms with Crippen molar-refractivity contribution in [3.63, 3.8) is 0 Å². The molecular weight excluding hydrogens is 514 g/mol. The van der Waals surface area contributed by atoms with Crippen LogP contribution in [0.15, 0.2) is 29.3 Å². The monoisotopic (exact) mass is 551 g/mol. The molecule has 0 spiro atoms. The molecule has 12 nitrogen and oxygen atoms in total. The molecule has 0 bridgehead atoms. The Labute approximate surface area is 233 Å². The number of fused-ring (bicyclic) bond motifs is 1. The first-order valence-corrected chi connectivity index (χ1v) is 13.8. The molecule has 3 aliphatic heterocycles. The van der Waals surface area contributed by atoms with Gasteiger partial charge in [-0.2, -0.15) is 4.98 Å². The zero-order valence-electron chi connectivity index (χ0n) is 23.0. The molecule has 5 rings (SSSR count). The molecule has 12 heteroatoms. The maximum atomic E-state index is 13.2. The third-order valence-electron chi connectivity index (χ3n) is 7.48. The molecule has 0 saturated carbocycles. The van der Waals surface area contributed by atoms with Crippen molar-refractivity contribution in [2.75, 3.05) is 56.8 Å². The number of amides is 2. The number of aromatic nitrogens is 2. The van der Waals surface area contributed by atoms with Gasteiger partial charge in [-0.3, -0.25) is 14.6 Å². The lowest BCUT2D eigenvalue weighted by Crippen LogP contribution is -2.56. The van der Waals surface area contributed by atoms with Crippen molar-refractivity contribution in [3.05, 3.63) is 41.1 Å². The van der Waals surface area contributed by atoms with Crippen LogP contribution in [0.3, 0.4) is 0 Å². The number of aliphatic imine (C=N–C) groups is 1. The fourth-order valence-corrected chi connectivity index (χ4v) is 5.11. The van der Waals surface area contributed by atoms with Crippen LogP contribution in [-0.2, 0) is 16.0 Å². The normalized spacial score (nSPS) is 19.4. The average Bonchev–Trinajstić information content (AvgIpc) is 2.96. The quantitative estimate of drug-likeness (QED) is 0.372. The first-order chi connectivity index (χ1) is 19.4. The minimum absolute atomic E-state index is 0.0349. The first-order valence-electron chi connectivity index (χ1n) is 13.8. The van der Waals surface area contributed by atoms with Gasteiger partial charge in [-0.1, -0.05) is 6.07 Å². The number of ether oxygens (including phenoxy) is 2. The number of anilines is 2. The summed E-state index contributed by atoms with van der Waals surface area (Å²) in [5, 5.41) is 17.0. The average molecular weight is 552 g/mol. The van der Waals surface area contributed by atoms with Crippen LogP contribution in [0.25, 0.3) is 0 Å². The molecule has 1 aromatic carbocycles. The maximum Gasteiger partial charge on any atom is 0.270 e. The number of piperidine rings is 1. The van der Waals surface area contributed by atoms with E-state index < -0.39 is 6.10 Å². The van der Waals surface area contributed by atoms with Crippen molar-refractivity contribution in [2.45, 2.75) is 50.8 Å². The first kappa shape index (κ1) is 27.8. The van der Waals surface area contributed by atoms with Gasteiger partial charge >= 0.3 is 0 Å². The standard InChI is InChI=1S/C28H37N7O5/c1-18(36)35-15-21(16-35)31-26-12-24(32-28(33-26)34-8-4-3-5-9-34)27(38)30-14-25(37)23-11-19-6-7-22(40-17-39-2)10-20(19)13-29-23/h6-7,10,12-13,21,23,25,37H,3-5,8-9,11,14-17H2,1-2H3,(H,30,38)(H,31,32,33)/t23?,25-/m1/s1. The lowest BCUT2D eigenvalue weighted by molar-refractivity contribution is -0.132. The smallest absolute Gasteiger partial charge is 0.270 e. The number of likely N-dealkylation sites (tertiary alicyclic amines) is 1. The van der Waals surface area contributed by atoms with E-state index in [-0.39, 0.29) is 42.9 Å². The zero-order chi connectivity index (χ0) is 28.1. The summed E-state index contributed by atoms with van der Waals surface area (Å²) < 4.78 is 10.4. The van der Waals surface area contributed by atoms with Crippen molar-refractivity contribution < 1.29 is 24.2 Å². The summed E-state index contributed by atoms with van der Waals surface area (Å²) in [7, 11) is 1.57. The number of aliphatic hydroxyl groups excluding tert-OH is 1. The fourth-order valence-electron chi connectivity index (χ4n) is 5.11. The summed E-state index contributed by atoms with van der Waals surface area (Å²) in [6.07, 6.45) is 4.68. The highest BCUT2D eigenvalue weighted by Gasteiger charge is 2.30. The van der Waals surface area contributed by atoms with E-state index in [0.717, 1.165) is 37.1 Å². The summed E-state index contributed by atoms with van der Waals surface area (Å²) in [6.45, 7) is 4.63. The molecule has 0 aliphatic carbocycles. The molecule has 1 aromatic heterocycles. The second kappa shape index (κ2) is 12.6. The number of hydrogen-bond acceptors (Lipinski definition) is 10.